The Hall–Kier alpha value is -2.80. The topological polar surface area (TPSA) is 56.2 Å². The van der Waals surface area contributed by atoms with Crippen molar-refractivity contribution in [2.45, 2.75) is 11.8 Å². The Labute approximate surface area is 155 Å². The molecule has 0 saturated heterocycles. The van der Waals surface area contributed by atoms with Gasteiger partial charge in [-0.2, -0.15) is 5.10 Å². The van der Waals surface area contributed by atoms with Gasteiger partial charge in [-0.1, -0.05) is 6.07 Å². The van der Waals surface area contributed by atoms with Crippen molar-refractivity contribution in [3.8, 4) is 11.4 Å². The Morgan fingerprint density at radius 3 is 2.73 bits per heavy atom. The quantitative estimate of drug-likeness (QED) is 0.653. The molecule has 2 aromatic carbocycles. The van der Waals surface area contributed by atoms with Gasteiger partial charge >= 0.3 is 0 Å². The normalized spacial score (nSPS) is 10.6. The summed E-state index contributed by atoms with van der Waals surface area (Å²) in [5.41, 5.74) is 1.49. The molecule has 0 radical (unpaired) electrons. The summed E-state index contributed by atoms with van der Waals surface area (Å²) >= 11 is 1.59. The minimum absolute atomic E-state index is 0.172. The van der Waals surface area contributed by atoms with Crippen LogP contribution >= 0.6 is 11.8 Å². The second-order valence-corrected chi connectivity index (χ2v) is 6.26. The molecule has 0 unspecified atom stereocenters. The first-order valence-electron chi connectivity index (χ1n) is 8.04. The standard InChI is InChI=1S/C19H18FN3O2S/c1-3-25-17-12-23(15-9-7-13(20)8-10-15)22-18(17)19(24)21-14-5-4-6-16(11-14)26-2/h4-12H,3H2,1-2H3,(H,21,24). The molecule has 0 saturated carbocycles. The highest BCUT2D eigenvalue weighted by molar-refractivity contribution is 7.98. The van der Waals surface area contributed by atoms with Crippen LogP contribution < -0.4 is 10.1 Å². The van der Waals surface area contributed by atoms with Crippen LogP contribution in [0.25, 0.3) is 5.69 Å². The van der Waals surface area contributed by atoms with E-state index >= 15 is 0 Å². The van der Waals surface area contributed by atoms with Crippen LogP contribution in [0, 0.1) is 5.82 Å². The molecule has 0 fully saturated rings. The Morgan fingerprint density at radius 1 is 1.27 bits per heavy atom. The van der Waals surface area contributed by atoms with Gasteiger partial charge in [0.25, 0.3) is 5.91 Å². The number of halogens is 1. The van der Waals surface area contributed by atoms with Crippen LogP contribution in [0.3, 0.4) is 0 Å². The van der Waals surface area contributed by atoms with E-state index in [1.165, 1.54) is 16.8 Å². The third-order valence-corrected chi connectivity index (χ3v) is 4.34. The molecule has 26 heavy (non-hydrogen) atoms. The highest BCUT2D eigenvalue weighted by Crippen LogP contribution is 2.23. The largest absolute Gasteiger partial charge is 0.490 e. The highest BCUT2D eigenvalue weighted by atomic mass is 32.2. The number of aromatic nitrogens is 2. The lowest BCUT2D eigenvalue weighted by Crippen LogP contribution is -2.14. The van der Waals surface area contributed by atoms with Gasteiger partial charge in [0, 0.05) is 10.6 Å². The molecule has 0 aliphatic carbocycles. The van der Waals surface area contributed by atoms with Crippen LogP contribution in [0.5, 0.6) is 5.75 Å². The minimum Gasteiger partial charge on any atom is -0.490 e. The van der Waals surface area contributed by atoms with Crippen LogP contribution in [0.1, 0.15) is 17.4 Å². The fourth-order valence-electron chi connectivity index (χ4n) is 2.39. The number of anilines is 1. The van der Waals surface area contributed by atoms with Crippen molar-refractivity contribution in [3.05, 3.63) is 66.2 Å². The van der Waals surface area contributed by atoms with Crippen molar-refractivity contribution in [2.24, 2.45) is 0 Å². The number of hydrogen-bond acceptors (Lipinski definition) is 4. The van der Waals surface area contributed by atoms with E-state index in [2.05, 4.69) is 10.4 Å². The second-order valence-electron chi connectivity index (χ2n) is 5.38. The molecule has 3 rings (SSSR count). The molecule has 0 aliphatic rings. The van der Waals surface area contributed by atoms with E-state index in [0.717, 1.165) is 4.90 Å². The Kier molecular flexibility index (Phi) is 5.58. The Balaban J connectivity index is 1.89. The molecule has 0 bridgehead atoms. The van der Waals surface area contributed by atoms with Crippen molar-refractivity contribution < 1.29 is 13.9 Å². The summed E-state index contributed by atoms with van der Waals surface area (Å²) in [5.74, 6) is -0.333. The number of carbonyl (C=O) groups is 1. The van der Waals surface area contributed by atoms with Gasteiger partial charge in [0.05, 0.1) is 18.5 Å². The summed E-state index contributed by atoms with van der Waals surface area (Å²) in [5, 5.41) is 7.16. The summed E-state index contributed by atoms with van der Waals surface area (Å²) in [7, 11) is 0. The molecule has 134 valence electrons. The number of ether oxygens (including phenoxy) is 1. The molecule has 0 spiro atoms. The van der Waals surface area contributed by atoms with Crippen molar-refractivity contribution in [1.82, 2.24) is 9.78 Å². The average Bonchev–Trinajstić information content (AvgIpc) is 3.07. The highest BCUT2D eigenvalue weighted by Gasteiger charge is 2.19. The molecule has 1 heterocycles. The summed E-state index contributed by atoms with van der Waals surface area (Å²) in [4.78, 5) is 13.7. The molecular formula is C19H18FN3O2S. The van der Waals surface area contributed by atoms with Crippen LogP contribution in [-0.2, 0) is 0 Å². The zero-order valence-corrected chi connectivity index (χ0v) is 15.2. The zero-order chi connectivity index (χ0) is 18.5. The number of thioether (sulfide) groups is 1. The van der Waals surface area contributed by atoms with Crippen molar-refractivity contribution in [2.75, 3.05) is 18.2 Å². The van der Waals surface area contributed by atoms with Gasteiger partial charge < -0.3 is 10.1 Å². The molecule has 1 aromatic heterocycles. The number of nitrogens with one attached hydrogen (secondary N) is 1. The van der Waals surface area contributed by atoms with Gasteiger partial charge in [-0.3, -0.25) is 4.79 Å². The maximum Gasteiger partial charge on any atom is 0.280 e. The van der Waals surface area contributed by atoms with Gasteiger partial charge in [-0.15, -0.1) is 11.8 Å². The lowest BCUT2D eigenvalue weighted by atomic mass is 10.3. The summed E-state index contributed by atoms with van der Waals surface area (Å²) < 4.78 is 20.2. The Bertz CT molecular complexity index is 909. The van der Waals surface area contributed by atoms with E-state index in [9.17, 15) is 9.18 Å². The Morgan fingerprint density at radius 2 is 2.04 bits per heavy atom. The maximum absolute atomic E-state index is 13.1. The van der Waals surface area contributed by atoms with Crippen molar-refractivity contribution in [1.29, 1.82) is 0 Å². The lowest BCUT2D eigenvalue weighted by molar-refractivity contribution is 0.101. The van der Waals surface area contributed by atoms with Crippen LogP contribution in [0.4, 0.5) is 10.1 Å². The number of carbonyl (C=O) groups excluding carboxylic acids is 1. The van der Waals surface area contributed by atoms with Crippen LogP contribution in [0.15, 0.2) is 59.6 Å². The molecule has 5 nitrogen and oxygen atoms in total. The fraction of sp³-hybridized carbons (Fsp3) is 0.158. The van der Waals surface area contributed by atoms with E-state index in [0.29, 0.717) is 23.7 Å². The number of benzene rings is 2. The molecule has 0 atom stereocenters. The van der Waals surface area contributed by atoms with E-state index in [1.807, 2.05) is 37.4 Å². The number of nitrogens with zero attached hydrogens (tertiary/aromatic N) is 2. The molecular weight excluding hydrogens is 353 g/mol. The van der Waals surface area contributed by atoms with Crippen molar-refractivity contribution in [3.63, 3.8) is 0 Å². The third kappa shape index (κ3) is 4.05. The van der Waals surface area contributed by atoms with Gasteiger partial charge in [0.1, 0.15) is 5.82 Å². The summed E-state index contributed by atoms with van der Waals surface area (Å²) in [6.45, 7) is 2.23. The number of rotatable bonds is 6. The predicted molar refractivity (Wildman–Crippen MR) is 101 cm³/mol. The van der Waals surface area contributed by atoms with Crippen LogP contribution in [-0.4, -0.2) is 28.6 Å². The number of amides is 1. The average molecular weight is 371 g/mol. The molecule has 1 amide bonds. The molecule has 1 N–H and O–H groups in total. The second kappa shape index (κ2) is 8.05. The number of hydrogen-bond donors (Lipinski definition) is 1. The van der Waals surface area contributed by atoms with Crippen molar-refractivity contribution >= 4 is 23.4 Å². The predicted octanol–water partition coefficient (Wildman–Crippen LogP) is 4.38. The first-order chi connectivity index (χ1) is 12.6. The van der Waals surface area contributed by atoms with E-state index in [4.69, 9.17) is 4.74 Å². The summed E-state index contributed by atoms with van der Waals surface area (Å²) in [6.07, 6.45) is 3.59. The first kappa shape index (κ1) is 18.0. The monoisotopic (exact) mass is 371 g/mol. The molecule has 0 aliphatic heterocycles. The van der Waals surface area contributed by atoms with E-state index < -0.39 is 0 Å². The van der Waals surface area contributed by atoms with E-state index in [1.54, 1.807) is 30.1 Å². The maximum atomic E-state index is 13.1. The fourth-order valence-corrected chi connectivity index (χ4v) is 2.85. The van der Waals surface area contributed by atoms with Gasteiger partial charge in [-0.05, 0) is 55.6 Å². The minimum atomic E-state index is -0.368. The van der Waals surface area contributed by atoms with Gasteiger partial charge in [0.2, 0.25) is 0 Å². The third-order valence-electron chi connectivity index (χ3n) is 3.61. The molecule has 7 heteroatoms. The SMILES string of the molecule is CCOc1cn(-c2ccc(F)cc2)nc1C(=O)Nc1cccc(SC)c1. The molecule has 3 aromatic rings. The smallest absolute Gasteiger partial charge is 0.280 e. The van der Waals surface area contributed by atoms with Gasteiger partial charge in [0.15, 0.2) is 11.4 Å². The lowest BCUT2D eigenvalue weighted by Gasteiger charge is -2.06. The first-order valence-corrected chi connectivity index (χ1v) is 9.27. The van der Waals surface area contributed by atoms with E-state index in [-0.39, 0.29) is 17.4 Å². The van der Waals surface area contributed by atoms with Crippen LogP contribution in [0.2, 0.25) is 0 Å². The van der Waals surface area contributed by atoms with Gasteiger partial charge in [-0.25, -0.2) is 9.07 Å². The zero-order valence-electron chi connectivity index (χ0n) is 14.4. The summed E-state index contributed by atoms with van der Waals surface area (Å²) in [6, 6.07) is 13.4.